The predicted octanol–water partition coefficient (Wildman–Crippen LogP) is 3.57. The zero-order valence-electron chi connectivity index (χ0n) is 16.5. The Morgan fingerprint density at radius 3 is 2.28 bits per heavy atom. The number of nitro groups is 1. The smallest absolute Gasteiger partial charge is 0.338 e. The van der Waals surface area contributed by atoms with E-state index in [1.165, 1.54) is 44.4 Å². The second-order valence-electron chi connectivity index (χ2n) is 6.37. The first-order valence-corrected chi connectivity index (χ1v) is 8.82. The van der Waals surface area contributed by atoms with Crippen molar-refractivity contribution in [2.24, 2.45) is 0 Å². The lowest BCUT2D eigenvalue weighted by Gasteiger charge is -2.15. The largest absolute Gasteiger partial charge is 0.495 e. The molecular weight excluding hydrogens is 380 g/mol. The molecule has 1 N–H and O–H groups in total. The number of nitrogens with one attached hydrogen (secondary N) is 1. The van der Waals surface area contributed by atoms with E-state index in [0.29, 0.717) is 5.75 Å². The van der Waals surface area contributed by atoms with Crippen molar-refractivity contribution in [2.75, 3.05) is 12.4 Å². The van der Waals surface area contributed by atoms with Gasteiger partial charge in [0.15, 0.2) is 6.10 Å². The van der Waals surface area contributed by atoms with Gasteiger partial charge < -0.3 is 19.5 Å². The topological polar surface area (TPSA) is 117 Å². The fourth-order valence-corrected chi connectivity index (χ4v) is 2.37. The number of benzene rings is 2. The summed E-state index contributed by atoms with van der Waals surface area (Å²) in [4.78, 5) is 35.0. The number of methoxy groups -OCH3 is 1. The summed E-state index contributed by atoms with van der Waals surface area (Å²) in [7, 11) is 1.37. The number of nitrogens with zero attached hydrogens (tertiary/aromatic N) is 1. The number of amides is 1. The van der Waals surface area contributed by atoms with Crippen LogP contribution < -0.4 is 14.8 Å². The molecule has 0 saturated heterocycles. The van der Waals surface area contributed by atoms with Crippen LogP contribution in [0.3, 0.4) is 0 Å². The fraction of sp³-hybridized carbons (Fsp3) is 0.300. The summed E-state index contributed by atoms with van der Waals surface area (Å²) in [6.07, 6.45) is -1.14. The Morgan fingerprint density at radius 1 is 1.07 bits per heavy atom. The summed E-state index contributed by atoms with van der Waals surface area (Å²) in [6, 6.07) is 10.1. The lowest BCUT2D eigenvalue weighted by atomic mass is 10.2. The molecule has 29 heavy (non-hydrogen) atoms. The van der Waals surface area contributed by atoms with Crippen LogP contribution in [0.5, 0.6) is 11.5 Å². The van der Waals surface area contributed by atoms with Crippen molar-refractivity contribution in [3.8, 4) is 11.5 Å². The van der Waals surface area contributed by atoms with E-state index in [2.05, 4.69) is 5.32 Å². The molecule has 0 radical (unpaired) electrons. The van der Waals surface area contributed by atoms with Crippen LogP contribution in [0, 0.1) is 10.1 Å². The third-order valence-electron chi connectivity index (χ3n) is 3.77. The van der Waals surface area contributed by atoms with E-state index < -0.39 is 22.9 Å². The molecule has 154 valence electrons. The number of nitro benzene ring substituents is 1. The molecule has 0 spiro atoms. The molecule has 0 aliphatic rings. The third kappa shape index (κ3) is 5.93. The predicted molar refractivity (Wildman–Crippen MR) is 105 cm³/mol. The molecule has 1 amide bonds. The second kappa shape index (κ2) is 9.54. The number of non-ortho nitro benzene ring substituents is 1. The van der Waals surface area contributed by atoms with Crippen molar-refractivity contribution < 1.29 is 28.7 Å². The zero-order chi connectivity index (χ0) is 21.6. The Labute approximate surface area is 167 Å². The molecule has 0 saturated carbocycles. The molecule has 0 aliphatic carbocycles. The van der Waals surface area contributed by atoms with Crippen LogP contribution in [0.2, 0.25) is 0 Å². The van der Waals surface area contributed by atoms with Gasteiger partial charge in [0.25, 0.3) is 11.6 Å². The van der Waals surface area contributed by atoms with E-state index in [9.17, 15) is 19.7 Å². The first-order chi connectivity index (χ1) is 13.7. The average molecular weight is 402 g/mol. The van der Waals surface area contributed by atoms with Crippen molar-refractivity contribution >= 4 is 23.3 Å². The van der Waals surface area contributed by atoms with Gasteiger partial charge in [-0.2, -0.15) is 0 Å². The monoisotopic (exact) mass is 402 g/mol. The van der Waals surface area contributed by atoms with Crippen LogP contribution in [-0.4, -0.2) is 36.1 Å². The summed E-state index contributed by atoms with van der Waals surface area (Å²) >= 11 is 0. The number of anilines is 1. The Hall–Kier alpha value is -3.62. The van der Waals surface area contributed by atoms with Gasteiger partial charge in [-0.25, -0.2) is 4.79 Å². The van der Waals surface area contributed by atoms with E-state index in [1.807, 2.05) is 13.8 Å². The lowest BCUT2D eigenvalue weighted by Crippen LogP contribution is -2.30. The van der Waals surface area contributed by atoms with Crippen LogP contribution >= 0.6 is 0 Å². The van der Waals surface area contributed by atoms with Gasteiger partial charge in [0.1, 0.15) is 11.5 Å². The number of carbonyl (C=O) groups is 2. The first kappa shape index (κ1) is 21.7. The van der Waals surface area contributed by atoms with Gasteiger partial charge in [0.2, 0.25) is 0 Å². The number of hydrogen-bond acceptors (Lipinski definition) is 7. The Kier molecular flexibility index (Phi) is 7.13. The highest BCUT2D eigenvalue weighted by Crippen LogP contribution is 2.29. The minimum atomic E-state index is -1.14. The highest BCUT2D eigenvalue weighted by molar-refractivity contribution is 5.98. The Bertz CT molecular complexity index is 894. The summed E-state index contributed by atoms with van der Waals surface area (Å²) in [5.74, 6) is -0.491. The van der Waals surface area contributed by atoms with Crippen molar-refractivity contribution in [1.82, 2.24) is 0 Å². The molecule has 0 aliphatic heterocycles. The molecule has 9 nitrogen and oxygen atoms in total. The maximum atomic E-state index is 12.4. The van der Waals surface area contributed by atoms with E-state index in [-0.39, 0.29) is 28.8 Å². The molecule has 0 aromatic heterocycles. The van der Waals surface area contributed by atoms with E-state index in [0.717, 1.165) is 0 Å². The quantitative estimate of drug-likeness (QED) is 0.407. The molecule has 2 rings (SSSR count). The van der Waals surface area contributed by atoms with Gasteiger partial charge in [-0.15, -0.1) is 0 Å². The second-order valence-corrected chi connectivity index (χ2v) is 6.37. The lowest BCUT2D eigenvalue weighted by molar-refractivity contribution is -0.384. The maximum Gasteiger partial charge on any atom is 0.338 e. The molecular formula is C20H22N2O7. The maximum absolute atomic E-state index is 12.4. The Balaban J connectivity index is 2.04. The zero-order valence-corrected chi connectivity index (χ0v) is 16.5. The number of hydrogen-bond donors (Lipinski definition) is 1. The SMILES string of the molecule is COc1ccc([N+](=O)[O-])cc1NC(=O)C(C)OC(=O)c1ccc(OC(C)C)cc1. The van der Waals surface area contributed by atoms with Crippen molar-refractivity contribution in [1.29, 1.82) is 0 Å². The number of rotatable bonds is 8. The van der Waals surface area contributed by atoms with Gasteiger partial charge in [0, 0.05) is 12.1 Å². The molecule has 2 aromatic rings. The minimum Gasteiger partial charge on any atom is -0.495 e. The van der Waals surface area contributed by atoms with E-state index in [4.69, 9.17) is 14.2 Å². The number of ether oxygens (including phenoxy) is 3. The number of esters is 1. The summed E-state index contributed by atoms with van der Waals surface area (Å²) < 4.78 is 15.8. The molecule has 9 heteroatoms. The van der Waals surface area contributed by atoms with Crippen molar-refractivity contribution in [3.63, 3.8) is 0 Å². The van der Waals surface area contributed by atoms with Crippen molar-refractivity contribution in [2.45, 2.75) is 33.0 Å². The molecule has 0 fully saturated rings. The molecule has 0 bridgehead atoms. The highest BCUT2D eigenvalue weighted by Gasteiger charge is 2.21. The van der Waals surface area contributed by atoms with E-state index >= 15 is 0 Å². The van der Waals surface area contributed by atoms with Gasteiger partial charge in [-0.3, -0.25) is 14.9 Å². The highest BCUT2D eigenvalue weighted by atomic mass is 16.6. The van der Waals surface area contributed by atoms with Crippen LogP contribution in [0.15, 0.2) is 42.5 Å². The average Bonchev–Trinajstić information content (AvgIpc) is 2.67. The molecule has 2 aromatic carbocycles. The third-order valence-corrected chi connectivity index (χ3v) is 3.77. The Morgan fingerprint density at radius 2 is 1.72 bits per heavy atom. The van der Waals surface area contributed by atoms with Gasteiger partial charge in [0.05, 0.1) is 29.4 Å². The van der Waals surface area contributed by atoms with Gasteiger partial charge in [-0.1, -0.05) is 0 Å². The summed E-state index contributed by atoms with van der Waals surface area (Å²) in [5, 5.41) is 13.4. The van der Waals surface area contributed by atoms with Crippen LogP contribution in [-0.2, 0) is 9.53 Å². The molecule has 1 unspecified atom stereocenters. The first-order valence-electron chi connectivity index (χ1n) is 8.82. The summed E-state index contributed by atoms with van der Waals surface area (Å²) in [5.41, 5.74) is 0.146. The van der Waals surface area contributed by atoms with Crippen LogP contribution in [0.25, 0.3) is 0 Å². The molecule has 1 atom stereocenters. The molecule has 0 heterocycles. The van der Waals surface area contributed by atoms with Gasteiger partial charge in [-0.05, 0) is 51.1 Å². The van der Waals surface area contributed by atoms with E-state index in [1.54, 1.807) is 12.1 Å². The van der Waals surface area contributed by atoms with Crippen LogP contribution in [0.1, 0.15) is 31.1 Å². The summed E-state index contributed by atoms with van der Waals surface area (Å²) in [6.45, 7) is 5.17. The fourth-order valence-electron chi connectivity index (χ4n) is 2.37. The van der Waals surface area contributed by atoms with Gasteiger partial charge >= 0.3 is 5.97 Å². The van der Waals surface area contributed by atoms with Crippen LogP contribution in [0.4, 0.5) is 11.4 Å². The minimum absolute atomic E-state index is 0.00215. The normalized spacial score (nSPS) is 11.5. The standard InChI is InChI=1S/C20H22N2O7/c1-12(2)28-16-8-5-14(6-9-16)20(24)29-13(3)19(23)21-17-11-15(22(25)26)7-10-18(17)27-4/h5-13H,1-4H3,(H,21,23). The van der Waals surface area contributed by atoms with Crippen molar-refractivity contribution in [3.05, 3.63) is 58.1 Å². The number of carbonyl (C=O) groups excluding carboxylic acids is 2.